The molecule has 0 aliphatic carbocycles. The molecule has 0 bridgehead atoms. The number of hydroxylamine groups is 1. The van der Waals surface area contributed by atoms with E-state index in [0.717, 1.165) is 11.1 Å². The van der Waals surface area contributed by atoms with Crippen molar-refractivity contribution in [2.45, 2.75) is 32.4 Å². The van der Waals surface area contributed by atoms with E-state index in [-0.39, 0.29) is 12.8 Å². The number of amides is 3. The smallest absolute Gasteiger partial charge is 0.251 e. The summed E-state index contributed by atoms with van der Waals surface area (Å²) in [7, 11) is 0. The first-order valence-electron chi connectivity index (χ1n) is 8.61. The van der Waals surface area contributed by atoms with Crippen LogP contribution in [0.15, 0.2) is 54.6 Å². The van der Waals surface area contributed by atoms with Crippen LogP contribution < -0.4 is 16.1 Å². The summed E-state index contributed by atoms with van der Waals surface area (Å²) in [5.74, 6) is -1.43. The molecule has 142 valence electrons. The molecule has 0 saturated heterocycles. The van der Waals surface area contributed by atoms with Crippen LogP contribution in [0.4, 0.5) is 0 Å². The Balaban J connectivity index is 2.02. The van der Waals surface area contributed by atoms with Crippen LogP contribution in [0, 0.1) is 6.92 Å². The molecule has 2 aromatic carbocycles. The Labute approximate surface area is 157 Å². The lowest BCUT2D eigenvalue weighted by atomic mass is 10.1. The van der Waals surface area contributed by atoms with Crippen LogP contribution >= 0.6 is 0 Å². The molecule has 27 heavy (non-hydrogen) atoms. The summed E-state index contributed by atoms with van der Waals surface area (Å²) in [5.41, 5.74) is 3.89. The molecular weight excluding hydrogens is 346 g/mol. The minimum Gasteiger partial charge on any atom is -0.350 e. The largest absolute Gasteiger partial charge is 0.350 e. The number of rotatable bonds is 8. The average molecular weight is 369 g/mol. The highest BCUT2D eigenvalue weighted by molar-refractivity contribution is 5.97. The van der Waals surface area contributed by atoms with Gasteiger partial charge in [-0.25, -0.2) is 5.48 Å². The molecule has 7 nitrogen and oxygen atoms in total. The average Bonchev–Trinajstić information content (AvgIpc) is 2.70. The first-order chi connectivity index (χ1) is 13.0. The van der Waals surface area contributed by atoms with Crippen molar-refractivity contribution in [2.75, 3.05) is 0 Å². The monoisotopic (exact) mass is 369 g/mol. The minimum atomic E-state index is -0.903. The lowest BCUT2D eigenvalue weighted by Crippen LogP contribution is -2.47. The SMILES string of the molecule is Cc1ccc(C(=O)N[C@@H](CCC(=O)NO)C(=O)NCc2ccccc2)cc1. The molecule has 0 fully saturated rings. The van der Waals surface area contributed by atoms with Crippen molar-refractivity contribution in [3.8, 4) is 0 Å². The molecule has 0 unspecified atom stereocenters. The van der Waals surface area contributed by atoms with E-state index in [1.807, 2.05) is 37.3 Å². The minimum absolute atomic E-state index is 0.0601. The quantitative estimate of drug-likeness (QED) is 0.419. The van der Waals surface area contributed by atoms with Gasteiger partial charge in [0.1, 0.15) is 6.04 Å². The number of benzene rings is 2. The van der Waals surface area contributed by atoms with Gasteiger partial charge in [0.05, 0.1) is 0 Å². The van der Waals surface area contributed by atoms with E-state index < -0.39 is 23.8 Å². The zero-order chi connectivity index (χ0) is 19.6. The van der Waals surface area contributed by atoms with Gasteiger partial charge in [0.25, 0.3) is 5.91 Å². The van der Waals surface area contributed by atoms with Crippen LogP contribution in [-0.2, 0) is 16.1 Å². The molecule has 2 aromatic rings. The van der Waals surface area contributed by atoms with Crippen LogP contribution in [0.2, 0.25) is 0 Å². The maximum atomic E-state index is 12.5. The summed E-state index contributed by atoms with van der Waals surface area (Å²) in [6, 6.07) is 15.4. The molecule has 7 heteroatoms. The molecule has 1 atom stereocenters. The Kier molecular flexibility index (Phi) is 7.51. The van der Waals surface area contributed by atoms with Gasteiger partial charge in [0.2, 0.25) is 11.8 Å². The second-order valence-corrected chi connectivity index (χ2v) is 6.17. The second kappa shape index (κ2) is 10.1. The summed E-state index contributed by atoms with van der Waals surface area (Å²) in [4.78, 5) is 36.2. The van der Waals surface area contributed by atoms with Crippen LogP contribution in [0.5, 0.6) is 0 Å². The van der Waals surface area contributed by atoms with Gasteiger partial charge in [-0.3, -0.25) is 19.6 Å². The molecular formula is C20H23N3O4. The van der Waals surface area contributed by atoms with Crippen molar-refractivity contribution < 1.29 is 19.6 Å². The fraction of sp³-hybridized carbons (Fsp3) is 0.250. The number of aryl methyl sites for hydroxylation is 1. The van der Waals surface area contributed by atoms with Crippen molar-refractivity contribution in [3.05, 3.63) is 71.3 Å². The standard InChI is InChI=1S/C20H23N3O4/c1-14-7-9-16(10-8-14)19(25)22-17(11-12-18(24)23-27)20(26)21-13-15-5-3-2-4-6-15/h2-10,17,27H,11-13H2,1H3,(H,21,26)(H,22,25)(H,23,24)/t17-/m0/s1. The van der Waals surface area contributed by atoms with Gasteiger partial charge in [0.15, 0.2) is 0 Å². The van der Waals surface area contributed by atoms with Gasteiger partial charge in [0, 0.05) is 18.5 Å². The molecule has 4 N–H and O–H groups in total. The normalized spacial score (nSPS) is 11.3. The second-order valence-electron chi connectivity index (χ2n) is 6.17. The van der Waals surface area contributed by atoms with E-state index in [1.165, 1.54) is 5.48 Å². The van der Waals surface area contributed by atoms with Crippen LogP contribution in [0.25, 0.3) is 0 Å². The summed E-state index contributed by atoms with van der Waals surface area (Å²) >= 11 is 0. The van der Waals surface area contributed by atoms with E-state index in [9.17, 15) is 14.4 Å². The van der Waals surface area contributed by atoms with Crippen LogP contribution in [-0.4, -0.2) is 29.0 Å². The van der Waals surface area contributed by atoms with E-state index in [2.05, 4.69) is 10.6 Å². The molecule has 0 heterocycles. The molecule has 2 rings (SSSR count). The van der Waals surface area contributed by atoms with Crippen LogP contribution in [0.1, 0.15) is 34.3 Å². The van der Waals surface area contributed by atoms with E-state index in [4.69, 9.17) is 5.21 Å². The number of hydrogen-bond acceptors (Lipinski definition) is 4. The highest BCUT2D eigenvalue weighted by Crippen LogP contribution is 2.06. The predicted molar refractivity (Wildman–Crippen MR) is 99.9 cm³/mol. The van der Waals surface area contributed by atoms with Gasteiger partial charge in [-0.05, 0) is 31.0 Å². The van der Waals surface area contributed by atoms with E-state index >= 15 is 0 Å². The van der Waals surface area contributed by atoms with Gasteiger partial charge in [-0.15, -0.1) is 0 Å². The first kappa shape index (κ1) is 20.1. The van der Waals surface area contributed by atoms with Crippen molar-refractivity contribution in [1.29, 1.82) is 0 Å². The lowest BCUT2D eigenvalue weighted by Gasteiger charge is -2.18. The zero-order valence-corrected chi connectivity index (χ0v) is 15.1. The van der Waals surface area contributed by atoms with Crippen molar-refractivity contribution >= 4 is 17.7 Å². The topological polar surface area (TPSA) is 108 Å². The third-order valence-electron chi connectivity index (χ3n) is 4.03. The Bertz CT molecular complexity index is 776. The zero-order valence-electron chi connectivity index (χ0n) is 15.1. The molecule has 3 amide bonds. The predicted octanol–water partition coefficient (Wildman–Crippen LogP) is 1.70. The Morgan fingerprint density at radius 1 is 1.00 bits per heavy atom. The summed E-state index contributed by atoms with van der Waals surface area (Å²) < 4.78 is 0. The molecule has 0 aromatic heterocycles. The fourth-order valence-electron chi connectivity index (χ4n) is 2.45. The molecule has 0 aliphatic rings. The molecule has 0 aliphatic heterocycles. The van der Waals surface area contributed by atoms with Gasteiger partial charge in [-0.1, -0.05) is 48.0 Å². The van der Waals surface area contributed by atoms with Gasteiger partial charge >= 0.3 is 0 Å². The third kappa shape index (κ3) is 6.56. The highest BCUT2D eigenvalue weighted by Gasteiger charge is 2.22. The van der Waals surface area contributed by atoms with E-state index in [1.54, 1.807) is 24.3 Å². The number of hydrogen-bond donors (Lipinski definition) is 4. The van der Waals surface area contributed by atoms with Crippen LogP contribution in [0.3, 0.4) is 0 Å². The third-order valence-corrected chi connectivity index (χ3v) is 4.03. The Morgan fingerprint density at radius 2 is 1.67 bits per heavy atom. The maximum absolute atomic E-state index is 12.5. The van der Waals surface area contributed by atoms with E-state index in [0.29, 0.717) is 12.1 Å². The lowest BCUT2D eigenvalue weighted by molar-refractivity contribution is -0.129. The summed E-state index contributed by atoms with van der Waals surface area (Å²) in [5, 5.41) is 14.1. The number of carbonyl (C=O) groups excluding carboxylic acids is 3. The fourth-order valence-corrected chi connectivity index (χ4v) is 2.45. The Morgan fingerprint density at radius 3 is 2.30 bits per heavy atom. The van der Waals surface area contributed by atoms with Crippen molar-refractivity contribution in [3.63, 3.8) is 0 Å². The van der Waals surface area contributed by atoms with Gasteiger partial charge in [-0.2, -0.15) is 0 Å². The highest BCUT2D eigenvalue weighted by atomic mass is 16.5. The molecule has 0 spiro atoms. The molecule has 0 radical (unpaired) electrons. The number of nitrogens with one attached hydrogen (secondary N) is 3. The number of carbonyl (C=O) groups is 3. The first-order valence-corrected chi connectivity index (χ1v) is 8.61. The van der Waals surface area contributed by atoms with Crippen molar-refractivity contribution in [1.82, 2.24) is 16.1 Å². The van der Waals surface area contributed by atoms with Gasteiger partial charge < -0.3 is 10.6 Å². The molecule has 0 saturated carbocycles. The summed E-state index contributed by atoms with van der Waals surface area (Å²) in [6.45, 7) is 2.22. The maximum Gasteiger partial charge on any atom is 0.251 e. The van der Waals surface area contributed by atoms with Crippen molar-refractivity contribution in [2.24, 2.45) is 0 Å². The Hall–Kier alpha value is -3.19. The summed E-state index contributed by atoms with van der Waals surface area (Å²) in [6.07, 6.45) is -0.0429.